The van der Waals surface area contributed by atoms with Gasteiger partial charge in [-0.05, 0) is 57.7 Å². The highest BCUT2D eigenvalue weighted by Gasteiger charge is 2.38. The number of ether oxygens (including phenoxy) is 1. The minimum absolute atomic E-state index is 0.146. The molecule has 0 saturated heterocycles. The second kappa shape index (κ2) is 11.6. The zero-order chi connectivity index (χ0) is 27.2. The summed E-state index contributed by atoms with van der Waals surface area (Å²) in [5, 5.41) is 16.0. The molecule has 0 saturated carbocycles. The van der Waals surface area contributed by atoms with Crippen LogP contribution in [0.1, 0.15) is 57.4 Å². The zero-order valence-electron chi connectivity index (χ0n) is 21.9. The predicted molar refractivity (Wildman–Crippen MR) is 139 cm³/mol. The fraction of sp³-hybridized carbons (Fsp3) is 0.393. The average Bonchev–Trinajstić information content (AvgIpc) is 2.77. The molecule has 2 atom stereocenters. The molecule has 192 valence electrons. The molecule has 36 heavy (non-hydrogen) atoms. The summed E-state index contributed by atoms with van der Waals surface area (Å²) in [6.07, 6.45) is 4.99. The molecule has 3 N–H and O–H groups in total. The number of aryl methyl sites for hydroxylation is 2. The lowest BCUT2D eigenvalue weighted by atomic mass is 9.98. The monoisotopic (exact) mass is 493 g/mol. The maximum absolute atomic E-state index is 13.7. The minimum Gasteiger partial charge on any atom is -0.508 e. The summed E-state index contributed by atoms with van der Waals surface area (Å²) in [4.78, 5) is 40.7. The standard InChI is InChI=1S/C28H35N3O5/c1-9-31(26(34)22(17(2)3)30-27(35)36-28(6,7)8)24(20-15-10-11-16-21(20)32)25(33)29-23-18(4)13-12-14-19(23)5/h1,10-17,22,24,32H,2-8H3,(H,29,33)(H,30,35). The Morgan fingerprint density at radius 2 is 1.61 bits per heavy atom. The molecule has 8 nitrogen and oxygen atoms in total. The fourth-order valence-corrected chi connectivity index (χ4v) is 3.68. The smallest absolute Gasteiger partial charge is 0.408 e. The number of phenols is 1. The first-order valence-electron chi connectivity index (χ1n) is 11.7. The van der Waals surface area contributed by atoms with Crippen molar-refractivity contribution in [2.75, 3.05) is 5.32 Å². The molecule has 0 aliphatic carbocycles. The van der Waals surface area contributed by atoms with Crippen LogP contribution >= 0.6 is 0 Å². The van der Waals surface area contributed by atoms with E-state index in [-0.39, 0.29) is 17.2 Å². The van der Waals surface area contributed by atoms with E-state index in [1.165, 1.54) is 12.1 Å². The minimum atomic E-state index is -1.37. The quantitative estimate of drug-likeness (QED) is 0.384. The van der Waals surface area contributed by atoms with Gasteiger partial charge in [-0.25, -0.2) is 4.79 Å². The Balaban J connectivity index is 2.51. The molecule has 2 unspecified atom stereocenters. The molecule has 0 aliphatic heterocycles. The van der Waals surface area contributed by atoms with Crippen LogP contribution in [0.25, 0.3) is 0 Å². The van der Waals surface area contributed by atoms with E-state index in [0.29, 0.717) is 5.69 Å². The van der Waals surface area contributed by atoms with Gasteiger partial charge in [-0.15, -0.1) is 0 Å². The Morgan fingerprint density at radius 1 is 1.03 bits per heavy atom. The molecular weight excluding hydrogens is 458 g/mol. The number of hydrogen-bond donors (Lipinski definition) is 3. The van der Waals surface area contributed by atoms with E-state index in [9.17, 15) is 19.5 Å². The van der Waals surface area contributed by atoms with Gasteiger partial charge < -0.3 is 20.5 Å². The molecule has 0 radical (unpaired) electrons. The van der Waals surface area contributed by atoms with Gasteiger partial charge in [0.1, 0.15) is 17.4 Å². The lowest BCUT2D eigenvalue weighted by molar-refractivity contribution is -0.137. The van der Waals surface area contributed by atoms with E-state index >= 15 is 0 Å². The van der Waals surface area contributed by atoms with Crippen LogP contribution in [0.15, 0.2) is 42.5 Å². The molecule has 0 spiro atoms. The first kappa shape index (κ1) is 28.2. The molecule has 0 aromatic heterocycles. The third-order valence-corrected chi connectivity index (χ3v) is 5.45. The third-order valence-electron chi connectivity index (χ3n) is 5.45. The number of nitrogens with zero attached hydrogens (tertiary/aromatic N) is 1. The van der Waals surface area contributed by atoms with E-state index < -0.39 is 35.6 Å². The molecule has 3 amide bonds. The van der Waals surface area contributed by atoms with Crippen LogP contribution in [0.5, 0.6) is 5.75 Å². The number of aromatic hydroxyl groups is 1. The Kier molecular flexibility index (Phi) is 9.12. The number of phenolic OH excluding ortho intramolecular Hbond substituents is 1. The maximum atomic E-state index is 13.7. The molecule has 2 aromatic rings. The summed E-state index contributed by atoms with van der Waals surface area (Å²) in [6.45, 7) is 12.3. The van der Waals surface area contributed by atoms with Crippen molar-refractivity contribution < 1.29 is 24.2 Å². The van der Waals surface area contributed by atoms with Crippen molar-refractivity contribution in [3.8, 4) is 18.2 Å². The van der Waals surface area contributed by atoms with Crippen LogP contribution < -0.4 is 10.6 Å². The molecule has 0 fully saturated rings. The van der Waals surface area contributed by atoms with E-state index in [1.54, 1.807) is 46.8 Å². The summed E-state index contributed by atoms with van der Waals surface area (Å²) in [7, 11) is 0. The van der Waals surface area contributed by atoms with Gasteiger partial charge in [0.05, 0.1) is 0 Å². The van der Waals surface area contributed by atoms with Gasteiger partial charge in [0.25, 0.3) is 11.8 Å². The number of carbonyl (C=O) groups is 3. The number of para-hydroxylation sites is 2. The molecule has 0 aliphatic rings. The van der Waals surface area contributed by atoms with Crippen LogP contribution in [0.3, 0.4) is 0 Å². The molecule has 2 rings (SSSR count). The zero-order valence-corrected chi connectivity index (χ0v) is 21.9. The van der Waals surface area contributed by atoms with Crippen molar-refractivity contribution >= 4 is 23.6 Å². The van der Waals surface area contributed by atoms with Gasteiger partial charge in [-0.3, -0.25) is 14.5 Å². The van der Waals surface area contributed by atoms with Gasteiger partial charge in [0.2, 0.25) is 0 Å². The van der Waals surface area contributed by atoms with Gasteiger partial charge >= 0.3 is 6.09 Å². The summed E-state index contributed by atoms with van der Waals surface area (Å²) >= 11 is 0. The number of alkyl carbamates (subject to hydrolysis) is 1. The van der Waals surface area contributed by atoms with Gasteiger partial charge in [-0.1, -0.05) is 56.7 Å². The normalized spacial score (nSPS) is 12.8. The highest BCUT2D eigenvalue weighted by atomic mass is 16.6. The molecular formula is C28H35N3O5. The lowest BCUT2D eigenvalue weighted by Gasteiger charge is -2.32. The number of rotatable bonds is 7. The van der Waals surface area contributed by atoms with Crippen molar-refractivity contribution in [2.45, 2.75) is 66.2 Å². The number of anilines is 1. The van der Waals surface area contributed by atoms with Crippen LogP contribution in [0, 0.1) is 32.2 Å². The largest absolute Gasteiger partial charge is 0.508 e. The molecule has 0 heterocycles. The highest BCUT2D eigenvalue weighted by Crippen LogP contribution is 2.31. The van der Waals surface area contributed by atoms with Crippen molar-refractivity contribution in [2.24, 2.45) is 5.92 Å². The number of amides is 3. The van der Waals surface area contributed by atoms with Crippen molar-refractivity contribution in [3.63, 3.8) is 0 Å². The molecule has 0 bridgehead atoms. The SMILES string of the molecule is C#CN(C(=O)C(NC(=O)OC(C)(C)C)C(C)C)C(C(=O)Nc1c(C)cccc1C)c1ccccc1O. The van der Waals surface area contributed by atoms with E-state index in [4.69, 9.17) is 11.2 Å². The van der Waals surface area contributed by atoms with Crippen LogP contribution in [-0.2, 0) is 14.3 Å². The van der Waals surface area contributed by atoms with E-state index in [0.717, 1.165) is 16.0 Å². The van der Waals surface area contributed by atoms with Gasteiger partial charge in [0, 0.05) is 17.3 Å². The second-order valence-corrected chi connectivity index (χ2v) is 9.92. The number of benzene rings is 2. The summed E-state index contributed by atoms with van der Waals surface area (Å²) < 4.78 is 5.31. The number of nitrogens with one attached hydrogen (secondary N) is 2. The summed E-state index contributed by atoms with van der Waals surface area (Å²) in [5.41, 5.74) is 1.60. The number of terminal acetylenes is 1. The van der Waals surface area contributed by atoms with E-state index in [1.807, 2.05) is 32.0 Å². The highest BCUT2D eigenvalue weighted by molar-refractivity contribution is 6.00. The lowest BCUT2D eigenvalue weighted by Crippen LogP contribution is -2.53. The van der Waals surface area contributed by atoms with E-state index in [2.05, 4.69) is 16.7 Å². The fourth-order valence-electron chi connectivity index (χ4n) is 3.68. The Morgan fingerprint density at radius 3 is 2.11 bits per heavy atom. The first-order valence-corrected chi connectivity index (χ1v) is 11.7. The van der Waals surface area contributed by atoms with Crippen molar-refractivity contribution in [1.82, 2.24) is 10.2 Å². The van der Waals surface area contributed by atoms with Gasteiger partial charge in [0.15, 0.2) is 6.04 Å². The van der Waals surface area contributed by atoms with Crippen LogP contribution in [-0.4, -0.2) is 39.6 Å². The summed E-state index contributed by atoms with van der Waals surface area (Å²) in [5.74, 6) is -1.88. The predicted octanol–water partition coefficient (Wildman–Crippen LogP) is 4.66. The summed E-state index contributed by atoms with van der Waals surface area (Å²) in [6, 6.07) is 11.6. The van der Waals surface area contributed by atoms with Crippen molar-refractivity contribution in [3.05, 3.63) is 59.2 Å². The van der Waals surface area contributed by atoms with Gasteiger partial charge in [-0.2, -0.15) is 0 Å². The Labute approximate surface area is 213 Å². The second-order valence-electron chi connectivity index (χ2n) is 9.92. The third kappa shape index (κ3) is 7.01. The van der Waals surface area contributed by atoms with Crippen LogP contribution in [0.2, 0.25) is 0 Å². The Bertz CT molecular complexity index is 1140. The molecule has 8 heteroatoms. The van der Waals surface area contributed by atoms with Crippen molar-refractivity contribution in [1.29, 1.82) is 0 Å². The Hall–Kier alpha value is -3.99. The topological polar surface area (TPSA) is 108 Å². The maximum Gasteiger partial charge on any atom is 0.408 e. The number of hydrogen-bond acceptors (Lipinski definition) is 5. The number of carbonyl (C=O) groups excluding carboxylic acids is 3. The average molecular weight is 494 g/mol. The van der Waals surface area contributed by atoms with Crippen LogP contribution in [0.4, 0.5) is 10.5 Å². The first-order chi connectivity index (χ1) is 16.8. The molecule has 2 aromatic carbocycles.